The molecule has 35 heavy (non-hydrogen) atoms. The third kappa shape index (κ3) is 4.70. The molecule has 2 N–H and O–H groups in total. The molecule has 0 spiro atoms. The Morgan fingerprint density at radius 2 is 1.54 bits per heavy atom. The van der Waals surface area contributed by atoms with Crippen LogP contribution in [0.2, 0.25) is 0 Å². The van der Waals surface area contributed by atoms with Crippen LogP contribution in [0.15, 0.2) is 71.4 Å². The van der Waals surface area contributed by atoms with Crippen molar-refractivity contribution in [3.05, 3.63) is 99.2 Å². The molecule has 4 rings (SSSR count). The van der Waals surface area contributed by atoms with Crippen LogP contribution in [-0.4, -0.2) is 17.7 Å². The molecule has 3 aromatic rings. The van der Waals surface area contributed by atoms with E-state index in [2.05, 4.69) is 10.6 Å². The van der Waals surface area contributed by atoms with Gasteiger partial charge in [-0.2, -0.15) is 0 Å². The van der Waals surface area contributed by atoms with Crippen molar-refractivity contribution in [2.45, 2.75) is 34.1 Å². The number of rotatable bonds is 6. The highest BCUT2D eigenvalue weighted by Crippen LogP contribution is 2.32. The molecule has 0 aromatic heterocycles. The molecule has 0 saturated heterocycles. The van der Waals surface area contributed by atoms with Gasteiger partial charge >= 0.3 is 0 Å². The molecule has 3 amide bonds. The maximum Gasteiger partial charge on any atom is 0.283 e. The molecule has 1 aliphatic rings. The van der Waals surface area contributed by atoms with Crippen LogP contribution in [0.1, 0.15) is 39.5 Å². The fourth-order valence-electron chi connectivity index (χ4n) is 4.27. The Morgan fingerprint density at radius 1 is 0.914 bits per heavy atom. The Labute approximate surface area is 209 Å². The summed E-state index contributed by atoms with van der Waals surface area (Å²) in [4.78, 5) is 39.8. The maximum absolute atomic E-state index is 13.1. The van der Waals surface area contributed by atoms with E-state index in [0.717, 1.165) is 32.8 Å². The zero-order valence-electron chi connectivity index (χ0n) is 20.0. The van der Waals surface area contributed by atoms with Crippen molar-refractivity contribution in [1.29, 1.82) is 0 Å². The summed E-state index contributed by atoms with van der Waals surface area (Å²) in [5.41, 5.74) is 6.31. The van der Waals surface area contributed by atoms with Crippen LogP contribution in [0.5, 0.6) is 0 Å². The number of hydrogen-bond acceptors (Lipinski definition) is 4. The average Bonchev–Trinajstić information content (AvgIpc) is 3.04. The fourth-order valence-corrected chi connectivity index (χ4v) is 4.48. The molecule has 3 aromatic carbocycles. The predicted octanol–water partition coefficient (Wildman–Crippen LogP) is 5.86. The van der Waals surface area contributed by atoms with Gasteiger partial charge in [-0.05, 0) is 74.2 Å². The Morgan fingerprint density at radius 3 is 2.17 bits per heavy atom. The molecule has 178 valence electrons. The third-order valence-corrected chi connectivity index (χ3v) is 6.32. The van der Waals surface area contributed by atoms with Gasteiger partial charge in [0.05, 0.1) is 5.69 Å². The van der Waals surface area contributed by atoms with Crippen molar-refractivity contribution >= 4 is 46.4 Å². The number of carbonyl (C=O) groups excluding carboxylic acids is 3. The number of halogens is 1. The summed E-state index contributed by atoms with van der Waals surface area (Å²) in [5.74, 6) is -1.33. The van der Waals surface area contributed by atoms with Gasteiger partial charge in [-0.25, -0.2) is 4.90 Å². The lowest BCUT2D eigenvalue weighted by atomic mass is 10.0. The van der Waals surface area contributed by atoms with Crippen molar-refractivity contribution in [2.75, 3.05) is 15.5 Å². The second kappa shape index (κ2) is 9.76. The van der Waals surface area contributed by atoms with Crippen LogP contribution in [0.3, 0.4) is 0 Å². The molecule has 0 radical (unpaired) electrons. The van der Waals surface area contributed by atoms with Gasteiger partial charge in [-0.3, -0.25) is 14.4 Å². The van der Waals surface area contributed by atoms with E-state index in [4.69, 9.17) is 11.6 Å². The van der Waals surface area contributed by atoms with Crippen LogP contribution in [0.4, 0.5) is 17.1 Å². The van der Waals surface area contributed by atoms with Gasteiger partial charge in [0, 0.05) is 16.9 Å². The zero-order valence-corrected chi connectivity index (χ0v) is 20.8. The summed E-state index contributed by atoms with van der Waals surface area (Å²) in [5, 5.41) is 5.75. The summed E-state index contributed by atoms with van der Waals surface area (Å²) < 4.78 is 0. The number of hydrogen-bond donors (Lipinski definition) is 2. The molecule has 1 heterocycles. The first-order valence-electron chi connectivity index (χ1n) is 11.3. The monoisotopic (exact) mass is 487 g/mol. The van der Waals surface area contributed by atoms with Gasteiger partial charge in [0.2, 0.25) is 0 Å². The lowest BCUT2D eigenvalue weighted by molar-refractivity contribution is -0.120. The van der Waals surface area contributed by atoms with E-state index < -0.39 is 11.8 Å². The molecular formula is C28H26ClN3O3. The Kier molecular flexibility index (Phi) is 6.76. The second-order valence-corrected chi connectivity index (χ2v) is 8.93. The highest BCUT2D eigenvalue weighted by atomic mass is 35.5. The Hall–Kier alpha value is -3.90. The first-order chi connectivity index (χ1) is 16.7. The molecule has 0 bridgehead atoms. The van der Waals surface area contributed by atoms with Crippen LogP contribution in [0, 0.1) is 20.8 Å². The van der Waals surface area contributed by atoms with Crippen molar-refractivity contribution in [3.8, 4) is 0 Å². The summed E-state index contributed by atoms with van der Waals surface area (Å²) in [6.45, 7) is 7.89. The second-order valence-electron chi connectivity index (χ2n) is 8.55. The Balaban J connectivity index is 1.51. The molecule has 1 aliphatic heterocycles. The minimum absolute atomic E-state index is 0.00526. The number of amides is 3. The molecule has 0 atom stereocenters. The van der Waals surface area contributed by atoms with Crippen LogP contribution in [-0.2, 0) is 16.0 Å². The van der Waals surface area contributed by atoms with E-state index in [1.165, 1.54) is 0 Å². The van der Waals surface area contributed by atoms with Crippen LogP contribution >= 0.6 is 11.6 Å². The molecule has 0 aliphatic carbocycles. The van der Waals surface area contributed by atoms with E-state index in [1.54, 1.807) is 36.4 Å². The molecule has 7 heteroatoms. The lowest BCUT2D eigenvalue weighted by Crippen LogP contribution is -2.33. The van der Waals surface area contributed by atoms with Gasteiger partial charge in [-0.15, -0.1) is 0 Å². The zero-order chi connectivity index (χ0) is 25.3. The number of aryl methyl sites for hydroxylation is 4. The number of imide groups is 1. The quantitative estimate of drug-likeness (QED) is 0.427. The van der Waals surface area contributed by atoms with E-state index >= 15 is 0 Å². The molecular weight excluding hydrogens is 462 g/mol. The molecule has 6 nitrogen and oxygen atoms in total. The SMILES string of the molecule is CCc1ccccc1N1C(=O)C(Cl)=C(Nc2ccc(C(=O)Nc3c(C)cc(C)cc3C)cc2)C1=O. The minimum atomic E-state index is -0.570. The van der Waals surface area contributed by atoms with Crippen LogP contribution in [0.25, 0.3) is 0 Å². The largest absolute Gasteiger partial charge is 0.350 e. The summed E-state index contributed by atoms with van der Waals surface area (Å²) in [7, 11) is 0. The van der Waals surface area contributed by atoms with Gasteiger partial charge in [-0.1, -0.05) is 54.4 Å². The Bertz CT molecular complexity index is 1350. The predicted molar refractivity (Wildman–Crippen MR) is 140 cm³/mol. The van der Waals surface area contributed by atoms with E-state index in [0.29, 0.717) is 23.4 Å². The lowest BCUT2D eigenvalue weighted by Gasteiger charge is -2.18. The van der Waals surface area contributed by atoms with E-state index in [1.807, 2.05) is 52.0 Å². The number of para-hydroxylation sites is 1. The van der Waals surface area contributed by atoms with Gasteiger partial charge in [0.25, 0.3) is 17.7 Å². The number of nitrogens with one attached hydrogen (secondary N) is 2. The van der Waals surface area contributed by atoms with Crippen molar-refractivity contribution in [3.63, 3.8) is 0 Å². The van der Waals surface area contributed by atoms with E-state index in [-0.39, 0.29) is 16.6 Å². The summed E-state index contributed by atoms with van der Waals surface area (Å²) in [6, 6.07) is 17.9. The van der Waals surface area contributed by atoms with E-state index in [9.17, 15) is 14.4 Å². The summed E-state index contributed by atoms with van der Waals surface area (Å²) in [6.07, 6.45) is 0.665. The van der Waals surface area contributed by atoms with Crippen LogP contribution < -0.4 is 15.5 Å². The average molecular weight is 488 g/mol. The first kappa shape index (κ1) is 24.2. The van der Waals surface area contributed by atoms with Gasteiger partial charge < -0.3 is 10.6 Å². The maximum atomic E-state index is 13.1. The van der Waals surface area contributed by atoms with Gasteiger partial charge in [0.15, 0.2) is 0 Å². The van der Waals surface area contributed by atoms with Crippen molar-refractivity contribution < 1.29 is 14.4 Å². The van der Waals surface area contributed by atoms with Crippen molar-refractivity contribution in [1.82, 2.24) is 0 Å². The standard InChI is InChI=1S/C28H26ClN3O3/c1-5-19-8-6-7-9-22(19)32-27(34)23(29)25(28(32)35)30-21-12-10-20(11-13-21)26(33)31-24-17(3)14-16(2)15-18(24)4/h6-15,30H,5H2,1-4H3,(H,31,33). The number of carbonyl (C=O) groups is 3. The minimum Gasteiger partial charge on any atom is -0.350 e. The first-order valence-corrected chi connectivity index (χ1v) is 11.7. The summed E-state index contributed by atoms with van der Waals surface area (Å²) >= 11 is 6.27. The molecule has 0 fully saturated rings. The molecule has 0 saturated carbocycles. The smallest absolute Gasteiger partial charge is 0.283 e. The topological polar surface area (TPSA) is 78.5 Å². The number of benzene rings is 3. The highest BCUT2D eigenvalue weighted by molar-refractivity contribution is 6.53. The number of anilines is 3. The fraction of sp³-hybridized carbons (Fsp3) is 0.179. The number of nitrogens with zero attached hydrogens (tertiary/aromatic N) is 1. The van der Waals surface area contributed by atoms with Crippen molar-refractivity contribution in [2.24, 2.45) is 0 Å². The normalized spacial score (nSPS) is 13.5. The van der Waals surface area contributed by atoms with Gasteiger partial charge in [0.1, 0.15) is 10.7 Å². The third-order valence-electron chi connectivity index (χ3n) is 5.97. The highest BCUT2D eigenvalue weighted by Gasteiger charge is 2.39. The molecule has 0 unspecified atom stereocenters.